The van der Waals surface area contributed by atoms with E-state index in [0.717, 1.165) is 24.0 Å². The molecule has 0 atom stereocenters. The molecule has 0 saturated heterocycles. The monoisotopic (exact) mass is 359 g/mol. The van der Waals surface area contributed by atoms with Crippen LogP contribution in [0.25, 0.3) is 22.6 Å². The van der Waals surface area contributed by atoms with Crippen molar-refractivity contribution in [2.24, 2.45) is 0 Å². The minimum atomic E-state index is -0.203. The van der Waals surface area contributed by atoms with Gasteiger partial charge in [0.15, 0.2) is 0 Å². The van der Waals surface area contributed by atoms with Gasteiger partial charge in [0.2, 0.25) is 11.8 Å². The zero-order valence-corrected chi connectivity index (χ0v) is 14.7. The lowest BCUT2D eigenvalue weighted by Gasteiger charge is -2.05. The van der Waals surface area contributed by atoms with Gasteiger partial charge < -0.3 is 4.42 Å². The van der Waals surface area contributed by atoms with Gasteiger partial charge in [-0.25, -0.2) is 4.39 Å². The number of hydrogen-bond acceptors (Lipinski definition) is 4. The lowest BCUT2D eigenvalue weighted by molar-refractivity contribution is 0.497. The predicted octanol–water partition coefficient (Wildman–Crippen LogP) is 5.11. The van der Waals surface area contributed by atoms with Crippen LogP contribution in [-0.4, -0.2) is 15.2 Å². The van der Waals surface area contributed by atoms with Crippen LogP contribution < -0.4 is 0 Å². The Bertz CT molecular complexity index is 1010. The summed E-state index contributed by atoms with van der Waals surface area (Å²) in [5.74, 6) is 0.912. The van der Waals surface area contributed by atoms with Crippen molar-refractivity contribution in [1.29, 1.82) is 0 Å². The van der Waals surface area contributed by atoms with Crippen molar-refractivity contribution in [2.75, 3.05) is 0 Å². The van der Waals surface area contributed by atoms with E-state index < -0.39 is 0 Å². The summed E-state index contributed by atoms with van der Waals surface area (Å²) in [6.45, 7) is 0. The van der Waals surface area contributed by atoms with E-state index in [9.17, 15) is 4.39 Å². The van der Waals surface area contributed by atoms with Gasteiger partial charge in [-0.2, -0.15) is 0 Å². The van der Waals surface area contributed by atoms with Crippen molar-refractivity contribution in [3.05, 3.63) is 90.3 Å². The molecule has 2 heterocycles. The third-order valence-corrected chi connectivity index (χ3v) is 4.37. The molecule has 134 valence electrons. The van der Waals surface area contributed by atoms with E-state index in [-0.39, 0.29) is 5.82 Å². The molecule has 2 aromatic heterocycles. The van der Waals surface area contributed by atoms with Gasteiger partial charge in [0, 0.05) is 24.4 Å². The second-order valence-electron chi connectivity index (χ2n) is 6.27. The SMILES string of the molecule is Fc1ccccc1-c1ccc(CCCc2nnc(-c3cccnc3)o2)cc1. The minimum Gasteiger partial charge on any atom is -0.421 e. The Kier molecular flexibility index (Phi) is 5.01. The number of rotatable bonds is 6. The van der Waals surface area contributed by atoms with Crippen LogP contribution in [0, 0.1) is 5.82 Å². The van der Waals surface area contributed by atoms with E-state index in [4.69, 9.17) is 4.42 Å². The van der Waals surface area contributed by atoms with Gasteiger partial charge in [-0.3, -0.25) is 4.98 Å². The summed E-state index contributed by atoms with van der Waals surface area (Å²) in [6.07, 6.45) is 5.91. The number of nitrogens with zero attached hydrogens (tertiary/aromatic N) is 3. The van der Waals surface area contributed by atoms with Crippen LogP contribution in [0.5, 0.6) is 0 Å². The molecule has 2 aromatic carbocycles. The Labute approximate surface area is 156 Å². The highest BCUT2D eigenvalue weighted by molar-refractivity contribution is 5.64. The second kappa shape index (κ2) is 7.91. The maximum atomic E-state index is 13.9. The zero-order chi connectivity index (χ0) is 18.5. The Morgan fingerprint density at radius 3 is 2.44 bits per heavy atom. The average molecular weight is 359 g/mol. The minimum absolute atomic E-state index is 0.203. The van der Waals surface area contributed by atoms with Crippen LogP contribution in [0.2, 0.25) is 0 Å². The standard InChI is InChI=1S/C22H18FN3O/c23-20-8-2-1-7-19(20)17-12-10-16(11-13-17)5-3-9-21-25-26-22(27-21)18-6-4-14-24-15-18/h1-2,4,6-8,10-15H,3,5,9H2. The lowest BCUT2D eigenvalue weighted by Crippen LogP contribution is -1.91. The molecule has 0 saturated carbocycles. The molecule has 0 unspecified atom stereocenters. The molecular formula is C22H18FN3O. The highest BCUT2D eigenvalue weighted by atomic mass is 19.1. The second-order valence-corrected chi connectivity index (χ2v) is 6.27. The quantitative estimate of drug-likeness (QED) is 0.480. The molecule has 0 aliphatic rings. The van der Waals surface area contributed by atoms with Crippen molar-refractivity contribution in [3.63, 3.8) is 0 Å². The fraction of sp³-hybridized carbons (Fsp3) is 0.136. The summed E-state index contributed by atoms with van der Waals surface area (Å²) in [5.41, 5.74) is 3.52. The first-order valence-electron chi connectivity index (χ1n) is 8.86. The van der Waals surface area contributed by atoms with Crippen LogP contribution in [-0.2, 0) is 12.8 Å². The molecule has 0 fully saturated rings. The summed E-state index contributed by atoms with van der Waals surface area (Å²) in [7, 11) is 0. The molecule has 4 rings (SSSR count). The van der Waals surface area contributed by atoms with Crippen molar-refractivity contribution in [1.82, 2.24) is 15.2 Å². The Balaban J connectivity index is 1.35. The summed E-state index contributed by atoms with van der Waals surface area (Å²) >= 11 is 0. The van der Waals surface area contributed by atoms with E-state index in [1.54, 1.807) is 24.5 Å². The first-order chi connectivity index (χ1) is 13.3. The maximum Gasteiger partial charge on any atom is 0.249 e. The maximum absolute atomic E-state index is 13.9. The summed E-state index contributed by atoms with van der Waals surface area (Å²) in [5, 5.41) is 8.17. The Morgan fingerprint density at radius 1 is 0.815 bits per heavy atom. The Hall–Kier alpha value is -3.34. The summed E-state index contributed by atoms with van der Waals surface area (Å²) < 4.78 is 19.6. The molecule has 0 aliphatic heterocycles. The number of halogens is 1. The summed E-state index contributed by atoms with van der Waals surface area (Å²) in [6, 6.07) is 18.5. The molecule has 4 nitrogen and oxygen atoms in total. The molecule has 5 heteroatoms. The number of hydrogen-bond donors (Lipinski definition) is 0. The smallest absolute Gasteiger partial charge is 0.249 e. The molecule has 27 heavy (non-hydrogen) atoms. The first-order valence-corrected chi connectivity index (χ1v) is 8.86. The van der Waals surface area contributed by atoms with E-state index in [2.05, 4.69) is 15.2 Å². The highest BCUT2D eigenvalue weighted by Crippen LogP contribution is 2.23. The van der Waals surface area contributed by atoms with Gasteiger partial charge in [0.25, 0.3) is 0 Å². The number of aryl methyl sites for hydroxylation is 2. The van der Waals surface area contributed by atoms with E-state index in [1.807, 2.05) is 42.5 Å². The zero-order valence-electron chi connectivity index (χ0n) is 14.7. The largest absolute Gasteiger partial charge is 0.421 e. The molecule has 0 bridgehead atoms. The number of benzene rings is 2. The van der Waals surface area contributed by atoms with Gasteiger partial charge in [0.1, 0.15) is 5.82 Å². The topological polar surface area (TPSA) is 51.8 Å². The molecule has 0 amide bonds. The molecular weight excluding hydrogens is 341 g/mol. The van der Waals surface area contributed by atoms with Gasteiger partial charge in [-0.1, -0.05) is 42.5 Å². The molecule has 0 N–H and O–H groups in total. The average Bonchev–Trinajstić information content (AvgIpc) is 3.19. The lowest BCUT2D eigenvalue weighted by atomic mass is 10.0. The molecule has 0 spiro atoms. The molecule has 0 aliphatic carbocycles. The van der Waals surface area contributed by atoms with E-state index in [1.165, 1.54) is 11.6 Å². The van der Waals surface area contributed by atoms with Gasteiger partial charge in [-0.05, 0) is 42.2 Å². The fourth-order valence-corrected chi connectivity index (χ4v) is 2.95. The first kappa shape index (κ1) is 17.1. The van der Waals surface area contributed by atoms with Crippen molar-refractivity contribution in [2.45, 2.75) is 19.3 Å². The van der Waals surface area contributed by atoms with Crippen LogP contribution in [0.15, 0.2) is 77.5 Å². The van der Waals surface area contributed by atoms with Crippen molar-refractivity contribution < 1.29 is 8.81 Å². The number of pyridine rings is 1. The van der Waals surface area contributed by atoms with Crippen molar-refractivity contribution in [3.8, 4) is 22.6 Å². The van der Waals surface area contributed by atoms with E-state index in [0.29, 0.717) is 23.8 Å². The fourth-order valence-electron chi connectivity index (χ4n) is 2.95. The van der Waals surface area contributed by atoms with Gasteiger partial charge >= 0.3 is 0 Å². The van der Waals surface area contributed by atoms with Crippen LogP contribution in [0.3, 0.4) is 0 Å². The highest BCUT2D eigenvalue weighted by Gasteiger charge is 2.08. The Morgan fingerprint density at radius 2 is 1.67 bits per heavy atom. The van der Waals surface area contributed by atoms with Crippen LogP contribution >= 0.6 is 0 Å². The van der Waals surface area contributed by atoms with Crippen LogP contribution in [0.1, 0.15) is 17.9 Å². The number of aromatic nitrogens is 3. The van der Waals surface area contributed by atoms with Gasteiger partial charge in [-0.15, -0.1) is 10.2 Å². The van der Waals surface area contributed by atoms with Crippen LogP contribution in [0.4, 0.5) is 4.39 Å². The normalized spacial score (nSPS) is 10.9. The van der Waals surface area contributed by atoms with E-state index >= 15 is 0 Å². The third kappa shape index (κ3) is 4.08. The van der Waals surface area contributed by atoms with Gasteiger partial charge in [0.05, 0.1) is 5.56 Å². The molecule has 0 radical (unpaired) electrons. The molecule has 4 aromatic rings. The predicted molar refractivity (Wildman–Crippen MR) is 101 cm³/mol. The van der Waals surface area contributed by atoms with Crippen molar-refractivity contribution >= 4 is 0 Å². The third-order valence-electron chi connectivity index (χ3n) is 4.37. The summed E-state index contributed by atoms with van der Waals surface area (Å²) in [4.78, 5) is 4.06.